The molecule has 0 aromatic heterocycles. The molecule has 0 bridgehead atoms. The number of hydrogen-bond acceptors (Lipinski definition) is 3. The molecule has 3 N–H and O–H groups in total. The Hall–Kier alpha value is -0.610. The predicted octanol–water partition coefficient (Wildman–Crippen LogP) is 0.658. The maximum absolute atomic E-state index is 11.8. The molecule has 2 aliphatic rings. The monoisotopic (exact) mass is 226 g/mol. The van der Waals surface area contributed by atoms with E-state index < -0.39 is 0 Å². The third kappa shape index (κ3) is 2.74. The number of hydrogen-bond donors (Lipinski definition) is 2. The zero-order valence-electron chi connectivity index (χ0n) is 9.84. The maximum atomic E-state index is 11.8. The smallest absolute Gasteiger partial charge is 0.227 e. The van der Waals surface area contributed by atoms with Crippen LogP contribution >= 0.6 is 0 Å². The highest BCUT2D eigenvalue weighted by Gasteiger charge is 2.48. The molecule has 2 fully saturated rings. The van der Waals surface area contributed by atoms with Gasteiger partial charge in [0.2, 0.25) is 5.91 Å². The van der Waals surface area contributed by atoms with Gasteiger partial charge >= 0.3 is 0 Å². The molecule has 0 spiro atoms. The van der Waals surface area contributed by atoms with Crippen LogP contribution in [0.4, 0.5) is 0 Å². The number of carbonyl (C=O) groups excluding carboxylic acids is 1. The fraction of sp³-hybridized carbons (Fsp3) is 0.917. The highest BCUT2D eigenvalue weighted by atomic mass is 16.5. The van der Waals surface area contributed by atoms with Gasteiger partial charge in [0.15, 0.2) is 0 Å². The van der Waals surface area contributed by atoms with Gasteiger partial charge in [-0.15, -0.1) is 0 Å². The Bertz CT molecular complexity index is 245. The summed E-state index contributed by atoms with van der Waals surface area (Å²) >= 11 is 0. The van der Waals surface area contributed by atoms with Crippen molar-refractivity contribution in [2.24, 2.45) is 17.1 Å². The second kappa shape index (κ2) is 5.15. The molecule has 0 radical (unpaired) electrons. The first kappa shape index (κ1) is 11.9. The van der Waals surface area contributed by atoms with Crippen LogP contribution in [0.5, 0.6) is 0 Å². The SMILES string of the molecule is NCC1(C(=O)NCCC2CCOCC2)CC1. The third-order valence-electron chi connectivity index (χ3n) is 3.90. The Balaban J connectivity index is 1.62. The predicted molar refractivity (Wildman–Crippen MR) is 61.9 cm³/mol. The van der Waals surface area contributed by atoms with Crippen molar-refractivity contribution in [3.05, 3.63) is 0 Å². The van der Waals surface area contributed by atoms with E-state index in [2.05, 4.69) is 5.32 Å². The Labute approximate surface area is 96.9 Å². The number of rotatable bonds is 5. The average Bonchev–Trinajstić information content (AvgIpc) is 3.11. The summed E-state index contributed by atoms with van der Waals surface area (Å²) in [6.45, 7) is 3.05. The highest BCUT2D eigenvalue weighted by Crippen LogP contribution is 2.44. The molecule has 4 nitrogen and oxygen atoms in total. The van der Waals surface area contributed by atoms with E-state index in [1.807, 2.05) is 0 Å². The number of nitrogens with one attached hydrogen (secondary N) is 1. The summed E-state index contributed by atoms with van der Waals surface area (Å²) in [5.41, 5.74) is 5.41. The molecule has 0 aromatic rings. The van der Waals surface area contributed by atoms with Crippen LogP contribution in [0.1, 0.15) is 32.1 Å². The second-order valence-corrected chi connectivity index (χ2v) is 5.08. The van der Waals surface area contributed by atoms with Crippen LogP contribution in [-0.2, 0) is 9.53 Å². The first-order valence-corrected chi connectivity index (χ1v) is 6.33. The van der Waals surface area contributed by atoms with Gasteiger partial charge in [-0.05, 0) is 38.0 Å². The van der Waals surface area contributed by atoms with Gasteiger partial charge < -0.3 is 15.8 Å². The van der Waals surface area contributed by atoms with Gasteiger partial charge in [-0.3, -0.25) is 4.79 Å². The topological polar surface area (TPSA) is 64.4 Å². The van der Waals surface area contributed by atoms with Crippen molar-refractivity contribution in [3.63, 3.8) is 0 Å². The molecule has 16 heavy (non-hydrogen) atoms. The van der Waals surface area contributed by atoms with Crippen LogP contribution in [0.15, 0.2) is 0 Å². The molecule has 1 amide bonds. The lowest BCUT2D eigenvalue weighted by atomic mass is 9.96. The second-order valence-electron chi connectivity index (χ2n) is 5.08. The Morgan fingerprint density at radius 2 is 2.06 bits per heavy atom. The molecule has 0 aromatic carbocycles. The van der Waals surface area contributed by atoms with Crippen molar-refractivity contribution in [1.29, 1.82) is 0 Å². The number of nitrogens with two attached hydrogens (primary N) is 1. The van der Waals surface area contributed by atoms with E-state index in [0.717, 1.165) is 57.8 Å². The normalized spacial score (nSPS) is 24.1. The maximum Gasteiger partial charge on any atom is 0.227 e. The fourth-order valence-corrected chi connectivity index (χ4v) is 2.29. The molecule has 0 atom stereocenters. The molecule has 2 rings (SSSR count). The highest BCUT2D eigenvalue weighted by molar-refractivity contribution is 5.85. The number of carbonyl (C=O) groups is 1. The standard InChI is InChI=1S/C12H22N2O2/c13-9-12(4-5-12)11(15)14-6-1-10-2-7-16-8-3-10/h10H,1-9,13H2,(H,14,15). The summed E-state index contributed by atoms with van der Waals surface area (Å²) in [6.07, 6.45) is 5.28. The van der Waals surface area contributed by atoms with Gasteiger partial charge in [-0.25, -0.2) is 0 Å². The minimum absolute atomic E-state index is 0.169. The zero-order chi connectivity index (χ0) is 11.4. The first-order valence-electron chi connectivity index (χ1n) is 6.33. The molecule has 4 heteroatoms. The van der Waals surface area contributed by atoms with E-state index in [9.17, 15) is 4.79 Å². The molecule has 1 aliphatic heterocycles. The van der Waals surface area contributed by atoms with Crippen molar-refractivity contribution in [1.82, 2.24) is 5.32 Å². The molecule has 0 unspecified atom stereocenters. The molecule has 92 valence electrons. The van der Waals surface area contributed by atoms with Crippen molar-refractivity contribution in [3.8, 4) is 0 Å². The van der Waals surface area contributed by atoms with Gasteiger partial charge in [-0.2, -0.15) is 0 Å². The Kier molecular flexibility index (Phi) is 3.82. The Morgan fingerprint density at radius 3 is 2.62 bits per heavy atom. The van der Waals surface area contributed by atoms with E-state index in [4.69, 9.17) is 10.5 Å². The van der Waals surface area contributed by atoms with Crippen molar-refractivity contribution in [2.75, 3.05) is 26.3 Å². The van der Waals surface area contributed by atoms with E-state index in [1.165, 1.54) is 0 Å². The van der Waals surface area contributed by atoms with Crippen LogP contribution in [0, 0.1) is 11.3 Å². The van der Waals surface area contributed by atoms with Gasteiger partial charge in [0, 0.05) is 26.3 Å². The molecule has 1 heterocycles. The number of ether oxygens (including phenoxy) is 1. The van der Waals surface area contributed by atoms with Crippen LogP contribution in [-0.4, -0.2) is 32.2 Å². The van der Waals surface area contributed by atoms with Gasteiger partial charge in [0.25, 0.3) is 0 Å². The third-order valence-corrected chi connectivity index (χ3v) is 3.90. The molecule has 1 aliphatic carbocycles. The van der Waals surface area contributed by atoms with Crippen LogP contribution < -0.4 is 11.1 Å². The average molecular weight is 226 g/mol. The molecular formula is C12H22N2O2. The Morgan fingerprint density at radius 1 is 1.38 bits per heavy atom. The molecular weight excluding hydrogens is 204 g/mol. The van der Waals surface area contributed by atoms with Crippen LogP contribution in [0.2, 0.25) is 0 Å². The summed E-state index contributed by atoms with van der Waals surface area (Å²) in [6, 6.07) is 0. The first-order chi connectivity index (χ1) is 7.77. The van der Waals surface area contributed by atoms with Gasteiger partial charge in [0.05, 0.1) is 5.41 Å². The van der Waals surface area contributed by atoms with E-state index >= 15 is 0 Å². The summed E-state index contributed by atoms with van der Waals surface area (Å²) in [7, 11) is 0. The van der Waals surface area contributed by atoms with Crippen molar-refractivity contribution >= 4 is 5.91 Å². The summed E-state index contributed by atoms with van der Waals surface area (Å²) in [5.74, 6) is 0.893. The van der Waals surface area contributed by atoms with E-state index in [-0.39, 0.29) is 11.3 Å². The van der Waals surface area contributed by atoms with Crippen LogP contribution in [0.3, 0.4) is 0 Å². The van der Waals surface area contributed by atoms with E-state index in [1.54, 1.807) is 0 Å². The minimum atomic E-state index is -0.199. The number of amides is 1. The molecule has 1 saturated carbocycles. The summed E-state index contributed by atoms with van der Waals surface area (Å²) < 4.78 is 5.30. The fourth-order valence-electron chi connectivity index (χ4n) is 2.29. The quantitative estimate of drug-likeness (QED) is 0.723. The van der Waals surface area contributed by atoms with Gasteiger partial charge in [-0.1, -0.05) is 0 Å². The molecule has 1 saturated heterocycles. The minimum Gasteiger partial charge on any atom is -0.381 e. The van der Waals surface area contributed by atoms with Gasteiger partial charge in [0.1, 0.15) is 0 Å². The lowest BCUT2D eigenvalue weighted by Crippen LogP contribution is -2.37. The summed E-state index contributed by atoms with van der Waals surface area (Å²) in [5, 5.41) is 3.02. The lowest BCUT2D eigenvalue weighted by Gasteiger charge is -2.22. The van der Waals surface area contributed by atoms with Crippen LogP contribution in [0.25, 0.3) is 0 Å². The van der Waals surface area contributed by atoms with Crippen molar-refractivity contribution in [2.45, 2.75) is 32.1 Å². The summed E-state index contributed by atoms with van der Waals surface area (Å²) in [4.78, 5) is 11.8. The van der Waals surface area contributed by atoms with E-state index in [0.29, 0.717) is 6.54 Å². The lowest BCUT2D eigenvalue weighted by molar-refractivity contribution is -0.126. The largest absolute Gasteiger partial charge is 0.381 e. The zero-order valence-corrected chi connectivity index (χ0v) is 9.84. The van der Waals surface area contributed by atoms with Crippen molar-refractivity contribution < 1.29 is 9.53 Å².